The van der Waals surface area contributed by atoms with Gasteiger partial charge < -0.3 is 14.6 Å². The molecule has 0 saturated carbocycles. The van der Waals surface area contributed by atoms with Crippen molar-refractivity contribution in [1.29, 1.82) is 0 Å². The summed E-state index contributed by atoms with van der Waals surface area (Å²) in [5, 5.41) is 11.3. The molecule has 0 aromatic rings. The maximum Gasteiger partial charge on any atom is 0.428 e. The number of nitrogens with two attached hydrogens (primary N) is 1. The SMILES string of the molecule is CC(C)C.CC/C(C)=C(C)/C(=C\C=C(/C)N1CCN(C(=O)ON)CC1)[N+](=O)[O-]. The zero-order valence-corrected chi connectivity index (χ0v) is 18.3. The van der Waals surface area contributed by atoms with E-state index in [1.807, 2.05) is 20.8 Å². The summed E-state index contributed by atoms with van der Waals surface area (Å²) in [5.41, 5.74) is 2.72. The Balaban J connectivity index is 0.00000165. The molecule has 0 bridgehead atoms. The van der Waals surface area contributed by atoms with E-state index in [4.69, 9.17) is 5.90 Å². The summed E-state index contributed by atoms with van der Waals surface area (Å²) in [6, 6.07) is 0. The van der Waals surface area contributed by atoms with Gasteiger partial charge in [-0.05, 0) is 39.2 Å². The van der Waals surface area contributed by atoms with Crippen molar-refractivity contribution in [3.05, 3.63) is 44.8 Å². The highest BCUT2D eigenvalue weighted by Crippen LogP contribution is 2.18. The lowest BCUT2D eigenvalue weighted by molar-refractivity contribution is -0.420. The number of rotatable bonds is 5. The Bertz CT molecular complexity index is 613. The Morgan fingerprint density at radius 2 is 1.57 bits per heavy atom. The fourth-order valence-electron chi connectivity index (χ4n) is 2.43. The van der Waals surface area contributed by atoms with Gasteiger partial charge in [-0.25, -0.2) is 4.79 Å². The molecular weight excluding hydrogens is 360 g/mol. The van der Waals surface area contributed by atoms with Gasteiger partial charge in [0.05, 0.1) is 4.92 Å². The number of allylic oxidation sites excluding steroid dienone is 5. The number of hydrogen-bond donors (Lipinski definition) is 1. The molecule has 1 fully saturated rings. The van der Waals surface area contributed by atoms with Crippen LogP contribution in [0.5, 0.6) is 0 Å². The number of amides is 1. The van der Waals surface area contributed by atoms with Crippen molar-refractivity contribution in [3.8, 4) is 0 Å². The summed E-state index contributed by atoms with van der Waals surface area (Å²) in [4.78, 5) is 30.1. The molecule has 1 aliphatic rings. The van der Waals surface area contributed by atoms with Crippen LogP contribution in [-0.2, 0) is 4.84 Å². The summed E-state index contributed by atoms with van der Waals surface area (Å²) >= 11 is 0. The van der Waals surface area contributed by atoms with E-state index in [-0.39, 0.29) is 10.6 Å². The smallest absolute Gasteiger partial charge is 0.371 e. The quantitative estimate of drug-likeness (QED) is 0.427. The first kappa shape index (κ1) is 25.6. The van der Waals surface area contributed by atoms with E-state index >= 15 is 0 Å². The third-order valence-electron chi connectivity index (χ3n) is 4.37. The molecule has 8 heteroatoms. The molecule has 0 spiro atoms. The Kier molecular flexibility index (Phi) is 11.8. The molecule has 0 aromatic heterocycles. The van der Waals surface area contributed by atoms with E-state index in [1.165, 1.54) is 4.90 Å². The van der Waals surface area contributed by atoms with Crippen molar-refractivity contribution in [3.63, 3.8) is 0 Å². The van der Waals surface area contributed by atoms with Gasteiger partial charge in [-0.1, -0.05) is 33.3 Å². The number of piperazine rings is 1. The molecule has 0 atom stereocenters. The van der Waals surface area contributed by atoms with E-state index in [1.54, 1.807) is 19.1 Å². The molecule has 160 valence electrons. The highest BCUT2D eigenvalue weighted by Gasteiger charge is 2.22. The van der Waals surface area contributed by atoms with Crippen LogP contribution in [0.3, 0.4) is 0 Å². The minimum atomic E-state index is -0.539. The Labute approximate surface area is 168 Å². The lowest BCUT2D eigenvalue weighted by atomic mass is 10.1. The van der Waals surface area contributed by atoms with E-state index in [9.17, 15) is 14.9 Å². The molecule has 0 aromatic carbocycles. The van der Waals surface area contributed by atoms with Crippen LogP contribution in [0.15, 0.2) is 34.7 Å². The third-order valence-corrected chi connectivity index (χ3v) is 4.37. The number of nitrogens with zero attached hydrogens (tertiary/aromatic N) is 3. The van der Waals surface area contributed by atoms with Crippen molar-refractivity contribution >= 4 is 6.09 Å². The van der Waals surface area contributed by atoms with Gasteiger partial charge in [-0.15, -0.1) is 0 Å². The molecule has 1 saturated heterocycles. The van der Waals surface area contributed by atoms with Gasteiger partial charge in [-0.3, -0.25) is 10.1 Å². The van der Waals surface area contributed by atoms with Crippen molar-refractivity contribution in [1.82, 2.24) is 9.80 Å². The van der Waals surface area contributed by atoms with Crippen LogP contribution in [0.4, 0.5) is 4.79 Å². The van der Waals surface area contributed by atoms with Crippen LogP contribution in [0.2, 0.25) is 0 Å². The van der Waals surface area contributed by atoms with Crippen molar-refractivity contribution in [2.45, 2.75) is 54.9 Å². The summed E-state index contributed by atoms with van der Waals surface area (Å²) < 4.78 is 0. The van der Waals surface area contributed by atoms with Gasteiger partial charge >= 0.3 is 6.09 Å². The monoisotopic (exact) mass is 396 g/mol. The predicted octanol–water partition coefficient (Wildman–Crippen LogP) is 4.09. The zero-order chi connectivity index (χ0) is 21.9. The lowest BCUT2D eigenvalue weighted by Crippen LogP contribution is -2.48. The molecular formula is C20H36N4O4. The van der Waals surface area contributed by atoms with Crippen LogP contribution >= 0.6 is 0 Å². The molecule has 0 unspecified atom stereocenters. The summed E-state index contributed by atoms with van der Waals surface area (Å²) in [5.74, 6) is 5.71. The molecule has 1 heterocycles. The molecule has 8 nitrogen and oxygen atoms in total. The lowest BCUT2D eigenvalue weighted by Gasteiger charge is -2.35. The highest BCUT2D eigenvalue weighted by atomic mass is 16.7. The van der Waals surface area contributed by atoms with Crippen LogP contribution < -0.4 is 5.90 Å². The third kappa shape index (κ3) is 9.03. The van der Waals surface area contributed by atoms with Crippen molar-refractivity contribution in [2.75, 3.05) is 26.2 Å². The molecule has 0 radical (unpaired) electrons. The maximum atomic E-state index is 11.4. The van der Waals surface area contributed by atoms with Crippen LogP contribution in [-0.4, -0.2) is 47.0 Å². The summed E-state index contributed by atoms with van der Waals surface area (Å²) in [7, 11) is 0. The van der Waals surface area contributed by atoms with E-state index in [0.29, 0.717) is 31.8 Å². The van der Waals surface area contributed by atoms with Crippen molar-refractivity contribution < 1.29 is 14.6 Å². The van der Waals surface area contributed by atoms with Gasteiger partial charge in [0, 0.05) is 43.5 Å². The van der Waals surface area contributed by atoms with Gasteiger partial charge in [0.2, 0.25) is 0 Å². The Morgan fingerprint density at radius 3 is 1.96 bits per heavy atom. The van der Waals surface area contributed by atoms with Gasteiger partial charge in [0.25, 0.3) is 5.70 Å². The second-order valence-corrected chi connectivity index (χ2v) is 7.47. The van der Waals surface area contributed by atoms with E-state index in [0.717, 1.165) is 23.6 Å². The first-order valence-corrected chi connectivity index (χ1v) is 9.65. The molecule has 2 N–H and O–H groups in total. The van der Waals surface area contributed by atoms with Crippen LogP contribution in [0.1, 0.15) is 54.9 Å². The van der Waals surface area contributed by atoms with Crippen molar-refractivity contribution in [2.24, 2.45) is 11.8 Å². The summed E-state index contributed by atoms with van der Waals surface area (Å²) in [6.07, 6.45) is 3.53. The number of nitro groups is 1. The summed E-state index contributed by atoms with van der Waals surface area (Å²) in [6.45, 7) is 16.3. The topological polar surface area (TPSA) is 102 Å². The number of carbonyl (C=O) groups excluding carboxylic acids is 1. The normalized spacial score (nSPS) is 16.3. The van der Waals surface area contributed by atoms with Gasteiger partial charge in [-0.2, -0.15) is 5.90 Å². The molecule has 0 aliphatic carbocycles. The number of carbonyl (C=O) groups is 1. The molecule has 28 heavy (non-hydrogen) atoms. The highest BCUT2D eigenvalue weighted by molar-refractivity contribution is 5.67. The van der Waals surface area contributed by atoms with E-state index in [2.05, 4.69) is 30.5 Å². The fourth-order valence-corrected chi connectivity index (χ4v) is 2.43. The van der Waals surface area contributed by atoms with Crippen LogP contribution in [0, 0.1) is 16.0 Å². The zero-order valence-electron chi connectivity index (χ0n) is 18.3. The maximum absolute atomic E-state index is 11.4. The predicted molar refractivity (Wildman–Crippen MR) is 112 cm³/mol. The minimum Gasteiger partial charge on any atom is -0.371 e. The average molecular weight is 397 g/mol. The number of hydrogen-bond acceptors (Lipinski definition) is 6. The Hall–Kier alpha value is -2.35. The molecule has 1 rings (SSSR count). The van der Waals surface area contributed by atoms with E-state index < -0.39 is 6.09 Å². The first-order valence-electron chi connectivity index (χ1n) is 9.65. The van der Waals surface area contributed by atoms with Crippen LogP contribution in [0.25, 0.3) is 0 Å². The standard InChI is InChI=1S/C16H26N4O4.C4H10/c1-5-12(2)14(4)15(20(22)23)7-6-13(3)18-8-10-19(11-9-18)16(21)24-17;1-4(2)3/h6-7H,5,8-11,17H2,1-4H3;4H,1-3H3/b13-6+,14-12+,15-7+;. The largest absolute Gasteiger partial charge is 0.428 e. The minimum absolute atomic E-state index is 0.110. The average Bonchev–Trinajstić information content (AvgIpc) is 2.65. The second kappa shape index (κ2) is 12.9. The van der Waals surface area contributed by atoms with Gasteiger partial charge in [0.15, 0.2) is 0 Å². The second-order valence-electron chi connectivity index (χ2n) is 7.47. The molecule has 1 amide bonds. The fraction of sp³-hybridized carbons (Fsp3) is 0.650. The molecule has 1 aliphatic heterocycles. The first-order chi connectivity index (χ1) is 13.0. The van der Waals surface area contributed by atoms with Gasteiger partial charge in [0.1, 0.15) is 0 Å². The Morgan fingerprint density at radius 1 is 1.11 bits per heavy atom.